The van der Waals surface area contributed by atoms with Crippen molar-refractivity contribution in [2.45, 2.75) is 23.2 Å². The van der Waals surface area contributed by atoms with Crippen LogP contribution in [0.5, 0.6) is 11.5 Å². The molecule has 1 saturated carbocycles. The number of carboxylic acid groups (broad SMARTS) is 1. The second-order valence-electron chi connectivity index (χ2n) is 8.02. The molecular weight excluding hydrogens is 525 g/mol. The number of methoxy groups -OCH3 is 1. The molecule has 7 nitrogen and oxygen atoms in total. The second-order valence-corrected chi connectivity index (χ2v) is 9.27. The minimum absolute atomic E-state index is 0.200. The van der Waals surface area contributed by atoms with Gasteiger partial charge in [-0.1, -0.05) is 42.5 Å². The average Bonchev–Trinajstić information content (AvgIpc) is 3.18. The minimum Gasteiger partial charge on any atom is -0.495 e. The molecule has 32 heavy (non-hydrogen) atoms. The lowest BCUT2D eigenvalue weighted by molar-refractivity contribution is -0.159. The van der Waals surface area contributed by atoms with E-state index in [4.69, 9.17) is 9.47 Å². The molecule has 1 fully saturated rings. The first-order chi connectivity index (χ1) is 15.4. The van der Waals surface area contributed by atoms with Gasteiger partial charge in [0.15, 0.2) is 11.2 Å². The summed E-state index contributed by atoms with van der Waals surface area (Å²) in [5, 5.41) is 34.0. The summed E-state index contributed by atoms with van der Waals surface area (Å²) in [6.07, 6.45) is 1.19. The normalized spacial score (nSPS) is 30.3. The lowest BCUT2D eigenvalue weighted by Gasteiger charge is -2.40. The third-order valence-electron chi connectivity index (χ3n) is 6.60. The Morgan fingerprint density at radius 2 is 1.81 bits per heavy atom. The van der Waals surface area contributed by atoms with E-state index in [-0.39, 0.29) is 17.1 Å². The van der Waals surface area contributed by atoms with E-state index < -0.39 is 35.1 Å². The van der Waals surface area contributed by atoms with Crippen LogP contribution in [-0.2, 0) is 16.0 Å². The topological polar surface area (TPSA) is 109 Å². The van der Waals surface area contributed by atoms with Gasteiger partial charge in [-0.3, -0.25) is 9.78 Å². The molecule has 5 atom stereocenters. The summed E-state index contributed by atoms with van der Waals surface area (Å²) in [5.41, 5.74) is -2.35. The van der Waals surface area contributed by atoms with Gasteiger partial charge in [0.25, 0.3) is 0 Å². The lowest BCUT2D eigenvalue weighted by Crippen LogP contribution is -2.52. The number of halogens is 1. The summed E-state index contributed by atoms with van der Waals surface area (Å²) in [5.74, 6) is -3.01. The Kier molecular flexibility index (Phi) is 4.92. The van der Waals surface area contributed by atoms with Crippen LogP contribution in [0.25, 0.3) is 0 Å². The summed E-state index contributed by atoms with van der Waals surface area (Å²) < 4.78 is 12.9. The van der Waals surface area contributed by atoms with Gasteiger partial charge in [-0.25, -0.2) is 0 Å². The van der Waals surface area contributed by atoms with Crippen LogP contribution in [0.1, 0.15) is 22.6 Å². The molecule has 3 N–H and O–H groups in total. The Morgan fingerprint density at radius 3 is 2.44 bits per heavy atom. The molecule has 1 aliphatic carbocycles. The average molecular weight is 545 g/mol. The van der Waals surface area contributed by atoms with Gasteiger partial charge in [-0.2, -0.15) is 0 Å². The van der Waals surface area contributed by atoms with Gasteiger partial charge in [0.05, 0.1) is 31.0 Å². The molecule has 1 aliphatic heterocycles. The fraction of sp³-hybridized carbons (Fsp3) is 0.250. The Morgan fingerprint density at radius 1 is 1.12 bits per heavy atom. The highest BCUT2D eigenvalue weighted by molar-refractivity contribution is 14.1. The Balaban J connectivity index is 1.89. The standard InChI is InChI=1S/C24H20INO6/c1-31-16-11-26-12-17-20(16)23(30)21(27)18(22(28)29)19(13-5-3-2-4-6-13)24(23,32-17)14-7-9-15(25)10-8-14/h2-12,18-19,21,27,30H,1H3,(H,28,29)/t18-,19?,21-,23+,24+/m1/s1. The van der Waals surface area contributed by atoms with Gasteiger partial charge in [-0.05, 0) is 45.9 Å². The molecule has 0 spiro atoms. The summed E-state index contributed by atoms with van der Waals surface area (Å²) in [4.78, 5) is 16.6. The molecule has 0 radical (unpaired) electrons. The van der Waals surface area contributed by atoms with E-state index >= 15 is 0 Å². The first kappa shape index (κ1) is 21.2. The van der Waals surface area contributed by atoms with Gasteiger partial charge in [0.2, 0.25) is 0 Å². The van der Waals surface area contributed by atoms with Crippen molar-refractivity contribution in [2.75, 3.05) is 7.11 Å². The number of carboxylic acids is 1. The number of hydrogen-bond donors (Lipinski definition) is 3. The number of aliphatic carboxylic acids is 1. The van der Waals surface area contributed by atoms with E-state index in [0.717, 1.165) is 3.57 Å². The van der Waals surface area contributed by atoms with E-state index in [9.17, 15) is 20.1 Å². The minimum atomic E-state index is -2.10. The Labute approximate surface area is 197 Å². The molecule has 164 valence electrons. The number of fused-ring (bicyclic) bond motifs is 3. The van der Waals surface area contributed by atoms with Crippen molar-refractivity contribution in [3.63, 3.8) is 0 Å². The molecule has 1 aromatic heterocycles. The van der Waals surface area contributed by atoms with Crippen LogP contribution in [0.2, 0.25) is 0 Å². The van der Waals surface area contributed by atoms with Crippen molar-refractivity contribution >= 4 is 28.6 Å². The Bertz CT molecular complexity index is 1190. The summed E-state index contributed by atoms with van der Waals surface area (Å²) in [6.45, 7) is 0. The fourth-order valence-corrected chi connectivity index (χ4v) is 5.73. The molecule has 8 heteroatoms. The highest BCUT2D eigenvalue weighted by atomic mass is 127. The SMILES string of the molecule is COc1cncc2c1[C@]1(O)[C@H](O)[C@H](C(=O)O)C(c3ccccc3)[C@]1(c1ccc(I)cc1)O2. The number of rotatable bonds is 4. The highest BCUT2D eigenvalue weighted by Crippen LogP contribution is 2.69. The lowest BCUT2D eigenvalue weighted by atomic mass is 9.70. The molecule has 2 aromatic carbocycles. The molecule has 0 saturated heterocycles. The molecular formula is C24H20INO6. The Hall–Kier alpha value is -2.69. The number of benzene rings is 2. The molecule has 0 bridgehead atoms. The van der Waals surface area contributed by atoms with Crippen molar-refractivity contribution in [3.8, 4) is 11.5 Å². The van der Waals surface area contributed by atoms with Gasteiger partial charge < -0.3 is 24.8 Å². The molecule has 5 rings (SSSR count). The largest absolute Gasteiger partial charge is 0.495 e. The number of nitrogens with zero attached hydrogens (tertiary/aromatic N) is 1. The number of carbonyl (C=O) groups is 1. The molecule has 3 aromatic rings. The monoisotopic (exact) mass is 545 g/mol. The third kappa shape index (κ3) is 2.60. The number of ether oxygens (including phenoxy) is 2. The van der Waals surface area contributed by atoms with Gasteiger partial charge in [0.1, 0.15) is 17.6 Å². The van der Waals surface area contributed by atoms with Gasteiger partial charge >= 0.3 is 5.97 Å². The number of aromatic nitrogens is 1. The summed E-state index contributed by atoms with van der Waals surface area (Å²) in [7, 11) is 1.43. The van der Waals surface area contributed by atoms with E-state index in [2.05, 4.69) is 27.6 Å². The smallest absolute Gasteiger partial charge is 0.310 e. The quantitative estimate of drug-likeness (QED) is 0.433. The first-order valence-electron chi connectivity index (χ1n) is 10.0. The predicted molar refractivity (Wildman–Crippen MR) is 122 cm³/mol. The van der Waals surface area contributed by atoms with Crippen LogP contribution in [0.15, 0.2) is 67.0 Å². The van der Waals surface area contributed by atoms with Crippen LogP contribution < -0.4 is 9.47 Å². The van der Waals surface area contributed by atoms with E-state index in [1.807, 2.05) is 18.2 Å². The van der Waals surface area contributed by atoms with Gasteiger partial charge in [0, 0.05) is 9.49 Å². The molecule has 1 unspecified atom stereocenters. The zero-order valence-corrected chi connectivity index (χ0v) is 19.1. The number of hydrogen-bond acceptors (Lipinski definition) is 6. The summed E-state index contributed by atoms with van der Waals surface area (Å²) in [6, 6.07) is 16.3. The van der Waals surface area contributed by atoms with Crippen LogP contribution in [0.3, 0.4) is 0 Å². The van der Waals surface area contributed by atoms with E-state index in [1.54, 1.807) is 36.4 Å². The highest BCUT2D eigenvalue weighted by Gasteiger charge is 2.78. The number of aliphatic hydroxyl groups excluding tert-OH is 1. The maximum atomic E-state index is 12.5. The fourth-order valence-electron chi connectivity index (χ4n) is 5.37. The second kappa shape index (κ2) is 7.43. The van der Waals surface area contributed by atoms with Crippen LogP contribution in [0.4, 0.5) is 0 Å². The third-order valence-corrected chi connectivity index (χ3v) is 7.32. The first-order valence-corrected chi connectivity index (χ1v) is 11.1. The zero-order valence-electron chi connectivity index (χ0n) is 17.0. The number of pyridine rings is 1. The molecule has 2 aliphatic rings. The molecule has 0 amide bonds. The zero-order chi connectivity index (χ0) is 22.7. The maximum Gasteiger partial charge on any atom is 0.310 e. The van der Waals surface area contributed by atoms with Gasteiger partial charge in [-0.15, -0.1) is 0 Å². The van der Waals surface area contributed by atoms with Crippen molar-refractivity contribution < 1.29 is 29.6 Å². The molecule has 2 heterocycles. The van der Waals surface area contributed by atoms with E-state index in [1.165, 1.54) is 19.5 Å². The van der Waals surface area contributed by atoms with Crippen molar-refractivity contribution in [3.05, 3.63) is 87.3 Å². The van der Waals surface area contributed by atoms with E-state index in [0.29, 0.717) is 11.1 Å². The predicted octanol–water partition coefficient (Wildman–Crippen LogP) is 3.03. The van der Waals surface area contributed by atoms with Crippen LogP contribution in [-0.4, -0.2) is 39.5 Å². The van der Waals surface area contributed by atoms with Crippen LogP contribution >= 0.6 is 22.6 Å². The number of aliphatic hydroxyl groups is 2. The van der Waals surface area contributed by atoms with Crippen molar-refractivity contribution in [1.82, 2.24) is 4.98 Å². The maximum absolute atomic E-state index is 12.5. The van der Waals surface area contributed by atoms with Crippen molar-refractivity contribution in [2.24, 2.45) is 5.92 Å². The van der Waals surface area contributed by atoms with Crippen LogP contribution in [0, 0.1) is 9.49 Å². The summed E-state index contributed by atoms with van der Waals surface area (Å²) >= 11 is 2.17. The van der Waals surface area contributed by atoms with Crippen molar-refractivity contribution in [1.29, 1.82) is 0 Å².